The van der Waals surface area contributed by atoms with Gasteiger partial charge in [0.05, 0.1) is 5.54 Å². The Hall–Kier alpha value is -0.940. The smallest absolute Gasteiger partial charge is 0.320 e. The van der Waals surface area contributed by atoms with Gasteiger partial charge in [0.2, 0.25) is 0 Å². The largest absolute Gasteiger partial charge is 0.480 e. The molecule has 0 bridgehead atoms. The van der Waals surface area contributed by atoms with E-state index in [1.54, 1.807) is 13.1 Å². The first-order valence-corrected chi connectivity index (χ1v) is 5.22. The Balaban J connectivity index is 2.72. The SMILES string of the molecule is CC(NC(C)(C)c1nccs1)C(=O)O. The maximum absolute atomic E-state index is 10.7. The third kappa shape index (κ3) is 2.52. The lowest BCUT2D eigenvalue weighted by Gasteiger charge is -2.26. The van der Waals surface area contributed by atoms with Gasteiger partial charge in [0, 0.05) is 11.6 Å². The fourth-order valence-electron chi connectivity index (χ4n) is 1.20. The summed E-state index contributed by atoms with van der Waals surface area (Å²) in [5.41, 5.74) is -0.397. The van der Waals surface area contributed by atoms with Crippen molar-refractivity contribution in [2.45, 2.75) is 32.4 Å². The van der Waals surface area contributed by atoms with Crippen LogP contribution in [-0.2, 0) is 10.3 Å². The van der Waals surface area contributed by atoms with Crippen LogP contribution in [0.1, 0.15) is 25.8 Å². The summed E-state index contributed by atoms with van der Waals surface area (Å²) in [6.07, 6.45) is 1.72. The molecule has 0 radical (unpaired) electrons. The molecular formula is C9H14N2O2S. The molecule has 1 rings (SSSR count). The number of thiazole rings is 1. The lowest BCUT2D eigenvalue weighted by molar-refractivity contribution is -0.139. The van der Waals surface area contributed by atoms with Crippen molar-refractivity contribution in [2.24, 2.45) is 0 Å². The van der Waals surface area contributed by atoms with E-state index >= 15 is 0 Å². The van der Waals surface area contributed by atoms with Crippen molar-refractivity contribution < 1.29 is 9.90 Å². The summed E-state index contributed by atoms with van der Waals surface area (Å²) >= 11 is 1.52. The van der Waals surface area contributed by atoms with Crippen LogP contribution in [-0.4, -0.2) is 22.1 Å². The molecule has 4 nitrogen and oxygen atoms in total. The standard InChI is InChI=1S/C9H14N2O2S/c1-6(7(12)13)11-9(2,3)8-10-4-5-14-8/h4-6,11H,1-3H3,(H,12,13). The van der Waals surface area contributed by atoms with Crippen LogP contribution in [0.2, 0.25) is 0 Å². The maximum atomic E-state index is 10.7. The number of carboxylic acids is 1. The summed E-state index contributed by atoms with van der Waals surface area (Å²) in [7, 11) is 0. The van der Waals surface area contributed by atoms with Crippen molar-refractivity contribution in [3.63, 3.8) is 0 Å². The quantitative estimate of drug-likeness (QED) is 0.796. The Kier molecular flexibility index (Phi) is 3.23. The number of carboxylic acid groups (broad SMARTS) is 1. The van der Waals surface area contributed by atoms with Crippen LogP contribution in [0, 0.1) is 0 Å². The van der Waals surface area contributed by atoms with E-state index < -0.39 is 17.6 Å². The van der Waals surface area contributed by atoms with Crippen LogP contribution >= 0.6 is 11.3 Å². The molecule has 0 spiro atoms. The third-order valence-corrected chi connectivity index (χ3v) is 3.01. The van der Waals surface area contributed by atoms with Gasteiger partial charge < -0.3 is 5.11 Å². The molecule has 0 saturated heterocycles. The van der Waals surface area contributed by atoms with Crippen molar-refractivity contribution in [1.82, 2.24) is 10.3 Å². The molecule has 78 valence electrons. The molecule has 1 atom stereocenters. The van der Waals surface area contributed by atoms with Crippen LogP contribution in [0.15, 0.2) is 11.6 Å². The van der Waals surface area contributed by atoms with Gasteiger partial charge in [-0.05, 0) is 20.8 Å². The average molecular weight is 214 g/mol. The third-order valence-electron chi connectivity index (χ3n) is 1.91. The molecule has 0 fully saturated rings. The van der Waals surface area contributed by atoms with E-state index in [-0.39, 0.29) is 0 Å². The topological polar surface area (TPSA) is 62.2 Å². The van der Waals surface area contributed by atoms with Crippen LogP contribution in [0.4, 0.5) is 0 Å². The van der Waals surface area contributed by atoms with E-state index in [9.17, 15) is 4.79 Å². The summed E-state index contributed by atoms with van der Waals surface area (Å²) in [5, 5.41) is 14.5. The molecule has 0 aliphatic carbocycles. The summed E-state index contributed by atoms with van der Waals surface area (Å²) in [5.74, 6) is -0.852. The summed E-state index contributed by atoms with van der Waals surface area (Å²) < 4.78 is 0. The molecule has 1 aromatic heterocycles. The molecule has 0 aliphatic rings. The van der Waals surface area contributed by atoms with E-state index in [4.69, 9.17) is 5.11 Å². The number of nitrogens with zero attached hydrogens (tertiary/aromatic N) is 1. The Bertz CT molecular complexity index is 309. The lowest BCUT2D eigenvalue weighted by Crippen LogP contribution is -2.46. The molecule has 1 unspecified atom stereocenters. The minimum atomic E-state index is -0.852. The second kappa shape index (κ2) is 4.06. The lowest BCUT2D eigenvalue weighted by atomic mass is 10.1. The predicted molar refractivity (Wildman–Crippen MR) is 55.4 cm³/mol. The molecule has 0 aliphatic heterocycles. The number of nitrogens with one attached hydrogen (secondary N) is 1. The van der Waals surface area contributed by atoms with Gasteiger partial charge in [-0.2, -0.15) is 0 Å². The minimum Gasteiger partial charge on any atom is -0.480 e. The summed E-state index contributed by atoms with van der Waals surface area (Å²) in [4.78, 5) is 14.8. The van der Waals surface area contributed by atoms with Gasteiger partial charge in [-0.3, -0.25) is 10.1 Å². The van der Waals surface area contributed by atoms with Crippen molar-refractivity contribution in [1.29, 1.82) is 0 Å². The summed E-state index contributed by atoms with van der Waals surface area (Å²) in [6, 6.07) is -0.575. The molecule has 1 aromatic rings. The maximum Gasteiger partial charge on any atom is 0.320 e. The zero-order valence-electron chi connectivity index (χ0n) is 8.44. The minimum absolute atomic E-state index is 0.397. The van der Waals surface area contributed by atoms with Crippen molar-refractivity contribution >= 4 is 17.3 Å². The van der Waals surface area contributed by atoms with E-state index in [1.165, 1.54) is 11.3 Å². The molecular weight excluding hydrogens is 200 g/mol. The first kappa shape index (κ1) is 11.1. The molecule has 1 heterocycles. The highest BCUT2D eigenvalue weighted by Gasteiger charge is 2.27. The zero-order chi connectivity index (χ0) is 10.8. The number of hydrogen-bond donors (Lipinski definition) is 2. The van der Waals surface area contributed by atoms with Crippen LogP contribution in [0.5, 0.6) is 0 Å². The fraction of sp³-hybridized carbons (Fsp3) is 0.556. The first-order valence-electron chi connectivity index (χ1n) is 4.34. The highest BCUT2D eigenvalue weighted by atomic mass is 32.1. The predicted octanol–water partition coefficient (Wildman–Crippen LogP) is 1.44. The fourth-order valence-corrected chi connectivity index (χ4v) is 1.92. The Morgan fingerprint density at radius 3 is 2.79 bits per heavy atom. The average Bonchev–Trinajstić information content (AvgIpc) is 2.54. The van der Waals surface area contributed by atoms with Crippen LogP contribution in [0.3, 0.4) is 0 Å². The highest BCUT2D eigenvalue weighted by molar-refractivity contribution is 7.09. The number of rotatable bonds is 4. The van der Waals surface area contributed by atoms with Crippen molar-refractivity contribution in [3.8, 4) is 0 Å². The van der Waals surface area contributed by atoms with Gasteiger partial charge >= 0.3 is 5.97 Å². The Labute approximate surface area is 87.0 Å². The first-order chi connectivity index (χ1) is 6.43. The van der Waals surface area contributed by atoms with E-state index in [1.807, 2.05) is 19.2 Å². The molecule has 5 heteroatoms. The van der Waals surface area contributed by atoms with E-state index in [0.717, 1.165) is 5.01 Å². The van der Waals surface area contributed by atoms with Gasteiger partial charge in [-0.1, -0.05) is 0 Å². The molecule has 0 saturated carbocycles. The number of aliphatic carboxylic acids is 1. The zero-order valence-corrected chi connectivity index (χ0v) is 9.26. The monoisotopic (exact) mass is 214 g/mol. The molecule has 0 aromatic carbocycles. The van der Waals surface area contributed by atoms with Crippen LogP contribution in [0.25, 0.3) is 0 Å². The molecule has 14 heavy (non-hydrogen) atoms. The second-order valence-electron chi connectivity index (χ2n) is 3.67. The highest BCUT2D eigenvalue weighted by Crippen LogP contribution is 2.22. The van der Waals surface area contributed by atoms with Gasteiger partial charge in [0.1, 0.15) is 11.0 Å². The normalized spacial score (nSPS) is 13.9. The van der Waals surface area contributed by atoms with Gasteiger partial charge in [-0.15, -0.1) is 11.3 Å². The summed E-state index contributed by atoms with van der Waals surface area (Å²) in [6.45, 7) is 5.47. The molecule has 0 amide bonds. The van der Waals surface area contributed by atoms with Gasteiger partial charge in [0.25, 0.3) is 0 Å². The van der Waals surface area contributed by atoms with Crippen molar-refractivity contribution in [3.05, 3.63) is 16.6 Å². The Morgan fingerprint density at radius 2 is 2.36 bits per heavy atom. The van der Waals surface area contributed by atoms with Gasteiger partial charge in [-0.25, -0.2) is 4.98 Å². The second-order valence-corrected chi connectivity index (χ2v) is 4.56. The number of carbonyl (C=O) groups is 1. The van der Waals surface area contributed by atoms with E-state index in [0.29, 0.717) is 0 Å². The Morgan fingerprint density at radius 1 is 1.71 bits per heavy atom. The van der Waals surface area contributed by atoms with E-state index in [2.05, 4.69) is 10.3 Å². The molecule has 2 N–H and O–H groups in total. The number of hydrogen-bond acceptors (Lipinski definition) is 4. The number of aromatic nitrogens is 1. The van der Waals surface area contributed by atoms with Crippen molar-refractivity contribution in [2.75, 3.05) is 0 Å². The van der Waals surface area contributed by atoms with Gasteiger partial charge in [0.15, 0.2) is 0 Å². The van der Waals surface area contributed by atoms with Crippen LogP contribution < -0.4 is 5.32 Å².